The van der Waals surface area contributed by atoms with Gasteiger partial charge in [0.1, 0.15) is 11.4 Å². The number of hydrogen-bond acceptors (Lipinski definition) is 6. The predicted octanol–water partition coefficient (Wildman–Crippen LogP) is 3.20. The highest BCUT2D eigenvalue weighted by Gasteiger charge is 2.34. The molecule has 0 fully saturated rings. The van der Waals surface area contributed by atoms with Crippen LogP contribution >= 0.6 is 0 Å². The fraction of sp³-hybridized carbons (Fsp3) is 0.222. The first-order valence-electron chi connectivity index (χ1n) is 7.54. The van der Waals surface area contributed by atoms with E-state index in [1.54, 1.807) is 0 Å². The van der Waals surface area contributed by atoms with Crippen LogP contribution in [-0.4, -0.2) is 33.3 Å². The van der Waals surface area contributed by atoms with Crippen LogP contribution in [0.2, 0.25) is 0 Å². The van der Waals surface area contributed by atoms with Gasteiger partial charge in [-0.25, -0.2) is 9.59 Å². The van der Waals surface area contributed by atoms with E-state index in [-0.39, 0.29) is 22.7 Å². The molecule has 0 atom stereocenters. The molecule has 0 saturated carbocycles. The monoisotopic (exact) mass is 383 g/mol. The van der Waals surface area contributed by atoms with E-state index in [2.05, 4.69) is 4.74 Å². The Bertz CT molecular complexity index is 840. The summed E-state index contributed by atoms with van der Waals surface area (Å²) in [6, 6.07) is 2.79. The largest absolute Gasteiger partial charge is 0.495 e. The van der Waals surface area contributed by atoms with Crippen molar-refractivity contribution < 1.29 is 37.0 Å². The number of esters is 2. The smallest absolute Gasteiger partial charge is 0.416 e. The fourth-order valence-corrected chi connectivity index (χ4v) is 2.41. The number of nitrogens with zero attached hydrogens (tertiary/aromatic N) is 1. The maximum Gasteiger partial charge on any atom is 0.416 e. The van der Waals surface area contributed by atoms with Gasteiger partial charge in [-0.15, -0.1) is 0 Å². The van der Waals surface area contributed by atoms with Crippen LogP contribution in [-0.2, 0) is 25.2 Å². The molecule has 1 aromatic carbocycles. The molecule has 0 saturated heterocycles. The third kappa shape index (κ3) is 4.13. The first-order chi connectivity index (χ1) is 12.7. The SMILES string of the molecule is COC(=O)C1=C(C(=O)OC)N(c2cc(C(F)(F)F)ccc2OC)C=CC=C1. The van der Waals surface area contributed by atoms with Crippen LogP contribution in [0.5, 0.6) is 5.75 Å². The number of benzene rings is 1. The van der Waals surface area contributed by atoms with Crippen molar-refractivity contribution in [2.75, 3.05) is 26.2 Å². The number of rotatable bonds is 4. The van der Waals surface area contributed by atoms with Crippen LogP contribution in [0, 0.1) is 0 Å². The van der Waals surface area contributed by atoms with Crippen molar-refractivity contribution in [3.63, 3.8) is 0 Å². The molecule has 0 bridgehead atoms. The summed E-state index contributed by atoms with van der Waals surface area (Å²) >= 11 is 0. The molecule has 0 aliphatic carbocycles. The van der Waals surface area contributed by atoms with Gasteiger partial charge in [0.15, 0.2) is 0 Å². The third-order valence-electron chi connectivity index (χ3n) is 3.65. The van der Waals surface area contributed by atoms with Crippen LogP contribution in [0.15, 0.2) is 53.9 Å². The lowest BCUT2D eigenvalue weighted by atomic mass is 10.1. The van der Waals surface area contributed by atoms with Crippen molar-refractivity contribution in [2.24, 2.45) is 0 Å². The molecule has 2 rings (SSSR count). The first kappa shape index (κ1) is 20.1. The van der Waals surface area contributed by atoms with Gasteiger partial charge in [-0.1, -0.05) is 6.08 Å². The number of ether oxygens (including phenoxy) is 3. The Morgan fingerprint density at radius 2 is 1.67 bits per heavy atom. The van der Waals surface area contributed by atoms with Gasteiger partial charge in [-0.05, 0) is 30.4 Å². The topological polar surface area (TPSA) is 65.1 Å². The molecule has 1 aromatic rings. The van der Waals surface area contributed by atoms with Crippen molar-refractivity contribution in [3.8, 4) is 5.75 Å². The number of carbonyl (C=O) groups is 2. The van der Waals surface area contributed by atoms with Crippen molar-refractivity contribution in [1.82, 2.24) is 0 Å². The highest BCUT2D eigenvalue weighted by Crippen LogP contribution is 2.39. The molecule has 1 heterocycles. The highest BCUT2D eigenvalue weighted by atomic mass is 19.4. The number of alkyl halides is 3. The zero-order chi connectivity index (χ0) is 20.2. The summed E-state index contributed by atoms with van der Waals surface area (Å²) < 4.78 is 54.0. The van der Waals surface area contributed by atoms with Crippen LogP contribution in [0.4, 0.5) is 18.9 Å². The Morgan fingerprint density at radius 1 is 1.00 bits per heavy atom. The van der Waals surface area contributed by atoms with E-state index >= 15 is 0 Å². The maximum absolute atomic E-state index is 13.2. The summed E-state index contributed by atoms with van der Waals surface area (Å²) in [5.74, 6) is -1.74. The average Bonchev–Trinajstić information content (AvgIpc) is 2.88. The summed E-state index contributed by atoms with van der Waals surface area (Å²) in [6.07, 6.45) is 0.883. The van der Waals surface area contributed by atoms with Crippen molar-refractivity contribution >= 4 is 17.6 Å². The minimum absolute atomic E-state index is 0.0557. The average molecular weight is 383 g/mol. The molecule has 0 spiro atoms. The second-order valence-corrected chi connectivity index (χ2v) is 5.20. The Morgan fingerprint density at radius 3 is 2.22 bits per heavy atom. The van der Waals surface area contributed by atoms with E-state index in [1.807, 2.05) is 0 Å². The second kappa shape index (κ2) is 7.98. The maximum atomic E-state index is 13.2. The molecular weight excluding hydrogens is 367 g/mol. The summed E-state index contributed by atoms with van der Waals surface area (Å²) in [5, 5.41) is 0. The van der Waals surface area contributed by atoms with E-state index in [9.17, 15) is 22.8 Å². The van der Waals surface area contributed by atoms with Gasteiger partial charge in [-0.2, -0.15) is 13.2 Å². The molecule has 0 aromatic heterocycles. The fourth-order valence-electron chi connectivity index (χ4n) is 2.41. The minimum atomic E-state index is -4.62. The number of hydrogen-bond donors (Lipinski definition) is 0. The minimum Gasteiger partial charge on any atom is -0.495 e. The first-order valence-corrected chi connectivity index (χ1v) is 7.54. The molecule has 1 aliphatic heterocycles. The zero-order valence-electron chi connectivity index (χ0n) is 14.7. The zero-order valence-corrected chi connectivity index (χ0v) is 14.7. The lowest BCUT2D eigenvalue weighted by Gasteiger charge is -2.25. The molecule has 0 radical (unpaired) electrons. The van der Waals surface area contributed by atoms with Crippen LogP contribution in [0.3, 0.4) is 0 Å². The van der Waals surface area contributed by atoms with E-state index in [0.717, 1.165) is 37.3 Å². The quantitative estimate of drug-likeness (QED) is 0.744. The van der Waals surface area contributed by atoms with E-state index in [1.165, 1.54) is 31.5 Å². The van der Waals surface area contributed by atoms with Crippen molar-refractivity contribution in [1.29, 1.82) is 0 Å². The molecule has 6 nitrogen and oxygen atoms in total. The summed E-state index contributed by atoms with van der Waals surface area (Å²) in [5.41, 5.74) is -1.55. The Labute approximate surface area is 153 Å². The number of halogens is 3. The molecular formula is C18H16F3NO5. The summed E-state index contributed by atoms with van der Waals surface area (Å²) in [6.45, 7) is 0. The summed E-state index contributed by atoms with van der Waals surface area (Å²) in [7, 11) is 3.48. The highest BCUT2D eigenvalue weighted by molar-refractivity contribution is 6.05. The third-order valence-corrected chi connectivity index (χ3v) is 3.65. The molecule has 144 valence electrons. The lowest BCUT2D eigenvalue weighted by Crippen LogP contribution is -2.27. The second-order valence-electron chi connectivity index (χ2n) is 5.20. The van der Waals surface area contributed by atoms with E-state index < -0.39 is 23.7 Å². The number of methoxy groups -OCH3 is 3. The van der Waals surface area contributed by atoms with Crippen molar-refractivity contribution in [3.05, 3.63) is 59.5 Å². The van der Waals surface area contributed by atoms with Gasteiger partial charge >= 0.3 is 18.1 Å². The Hall–Kier alpha value is -3.23. The Balaban J connectivity index is 2.77. The standard InChI is InChI=1S/C18H16F3NO5/c1-25-14-8-7-11(18(19,20)21)10-13(14)22-9-5-4-6-12(16(23)26-2)15(22)17(24)27-3/h4-10H,1-3H3. The summed E-state index contributed by atoms with van der Waals surface area (Å²) in [4.78, 5) is 25.5. The molecule has 1 aliphatic rings. The number of anilines is 1. The predicted molar refractivity (Wildman–Crippen MR) is 89.8 cm³/mol. The molecule has 27 heavy (non-hydrogen) atoms. The van der Waals surface area contributed by atoms with Gasteiger partial charge in [-0.3, -0.25) is 0 Å². The van der Waals surface area contributed by atoms with Crippen LogP contribution in [0.1, 0.15) is 5.56 Å². The number of allylic oxidation sites excluding steroid dienone is 2. The van der Waals surface area contributed by atoms with Gasteiger partial charge < -0.3 is 19.1 Å². The van der Waals surface area contributed by atoms with E-state index in [4.69, 9.17) is 9.47 Å². The van der Waals surface area contributed by atoms with Crippen molar-refractivity contribution in [2.45, 2.75) is 6.18 Å². The van der Waals surface area contributed by atoms with Gasteiger partial charge in [0, 0.05) is 6.20 Å². The lowest BCUT2D eigenvalue weighted by molar-refractivity contribution is -0.139. The van der Waals surface area contributed by atoms with Crippen LogP contribution < -0.4 is 9.64 Å². The molecule has 0 N–H and O–H groups in total. The molecule has 0 amide bonds. The Kier molecular flexibility index (Phi) is 5.94. The van der Waals surface area contributed by atoms with Gasteiger partial charge in [0.25, 0.3) is 0 Å². The normalized spacial score (nSPS) is 14.1. The van der Waals surface area contributed by atoms with Crippen LogP contribution in [0.25, 0.3) is 0 Å². The molecule has 9 heteroatoms. The van der Waals surface area contributed by atoms with Gasteiger partial charge in [0.2, 0.25) is 0 Å². The molecule has 0 unspecified atom stereocenters. The van der Waals surface area contributed by atoms with Gasteiger partial charge in [0.05, 0.1) is 38.2 Å². The van der Waals surface area contributed by atoms with E-state index in [0.29, 0.717) is 0 Å². The number of carbonyl (C=O) groups excluding carboxylic acids is 2.